The molecule has 0 aliphatic carbocycles. The number of carbonyl (C=O) groups is 2. The van der Waals surface area contributed by atoms with Gasteiger partial charge < -0.3 is 10.2 Å². The van der Waals surface area contributed by atoms with E-state index in [4.69, 9.17) is 0 Å². The lowest BCUT2D eigenvalue weighted by Crippen LogP contribution is -2.38. The van der Waals surface area contributed by atoms with Crippen molar-refractivity contribution in [2.45, 2.75) is 23.4 Å². The van der Waals surface area contributed by atoms with Gasteiger partial charge in [-0.3, -0.25) is 9.59 Å². The summed E-state index contributed by atoms with van der Waals surface area (Å²) in [6, 6.07) is 15.5. The lowest BCUT2D eigenvalue weighted by Gasteiger charge is -2.20. The number of fused-ring (bicyclic) bond motifs is 1. The molecule has 0 saturated carbocycles. The number of rotatable bonds is 6. The molecule has 7 heteroatoms. The molecular formula is C20H21N3O2S2. The molecule has 0 saturated heterocycles. The number of likely N-dealkylation sites (N-methyl/N-ethyl adjacent to an activating group) is 1. The van der Waals surface area contributed by atoms with Gasteiger partial charge in [-0.05, 0) is 38.1 Å². The van der Waals surface area contributed by atoms with Gasteiger partial charge in [0.25, 0.3) is 0 Å². The van der Waals surface area contributed by atoms with Gasteiger partial charge in [-0.2, -0.15) is 0 Å². The van der Waals surface area contributed by atoms with Crippen LogP contribution in [0.25, 0.3) is 10.2 Å². The van der Waals surface area contributed by atoms with Gasteiger partial charge in [-0.25, -0.2) is 4.98 Å². The number of aryl methyl sites for hydroxylation is 1. The molecular weight excluding hydrogens is 378 g/mol. The van der Waals surface area contributed by atoms with Crippen LogP contribution in [0.4, 0.5) is 5.69 Å². The van der Waals surface area contributed by atoms with Crippen molar-refractivity contribution in [2.75, 3.05) is 18.9 Å². The van der Waals surface area contributed by atoms with E-state index < -0.39 is 0 Å². The lowest BCUT2D eigenvalue weighted by atomic mass is 10.2. The second-order valence-electron chi connectivity index (χ2n) is 6.32. The van der Waals surface area contributed by atoms with E-state index in [-0.39, 0.29) is 23.6 Å². The van der Waals surface area contributed by atoms with Gasteiger partial charge in [0.1, 0.15) is 0 Å². The highest BCUT2D eigenvalue weighted by molar-refractivity contribution is 8.02. The van der Waals surface area contributed by atoms with E-state index in [9.17, 15) is 9.59 Å². The van der Waals surface area contributed by atoms with Gasteiger partial charge in [0.2, 0.25) is 11.8 Å². The van der Waals surface area contributed by atoms with Gasteiger partial charge in [-0.1, -0.05) is 41.6 Å². The first-order valence-corrected chi connectivity index (χ1v) is 10.3. The zero-order chi connectivity index (χ0) is 19.4. The Morgan fingerprint density at radius 2 is 1.89 bits per heavy atom. The number of nitrogens with zero attached hydrogens (tertiary/aromatic N) is 2. The fourth-order valence-electron chi connectivity index (χ4n) is 2.54. The number of amides is 2. The number of carbonyl (C=O) groups excluding carboxylic acids is 2. The SMILES string of the molecule is Cc1ccc(NC(=O)CN(C)C(=O)[C@@H](C)Sc2nc3ccccc3s2)cc1. The normalized spacial score (nSPS) is 12.0. The Morgan fingerprint density at radius 3 is 2.59 bits per heavy atom. The average Bonchev–Trinajstić information content (AvgIpc) is 3.05. The first-order valence-electron chi connectivity index (χ1n) is 8.56. The Kier molecular flexibility index (Phi) is 6.13. The molecule has 0 radical (unpaired) electrons. The van der Waals surface area contributed by atoms with Crippen LogP contribution in [0.1, 0.15) is 12.5 Å². The zero-order valence-corrected chi connectivity index (χ0v) is 17.1. The van der Waals surface area contributed by atoms with Crippen LogP contribution in [0.2, 0.25) is 0 Å². The fraction of sp³-hybridized carbons (Fsp3) is 0.250. The average molecular weight is 400 g/mol. The van der Waals surface area contributed by atoms with E-state index in [1.54, 1.807) is 18.4 Å². The van der Waals surface area contributed by atoms with Crippen LogP contribution in [0.5, 0.6) is 0 Å². The largest absolute Gasteiger partial charge is 0.335 e. The lowest BCUT2D eigenvalue weighted by molar-refractivity contribution is -0.132. The second kappa shape index (κ2) is 8.54. The Morgan fingerprint density at radius 1 is 1.19 bits per heavy atom. The number of para-hydroxylation sites is 1. The molecule has 0 fully saturated rings. The van der Waals surface area contributed by atoms with Crippen molar-refractivity contribution in [2.24, 2.45) is 0 Å². The minimum atomic E-state index is -0.317. The van der Waals surface area contributed by atoms with Gasteiger partial charge in [0.15, 0.2) is 4.34 Å². The number of hydrogen-bond donors (Lipinski definition) is 1. The molecule has 0 aliphatic rings. The summed E-state index contributed by atoms with van der Waals surface area (Å²) in [5.41, 5.74) is 2.79. The van der Waals surface area contributed by atoms with Crippen molar-refractivity contribution in [3.63, 3.8) is 0 Å². The Bertz CT molecular complexity index is 920. The topological polar surface area (TPSA) is 62.3 Å². The molecule has 1 heterocycles. The number of benzene rings is 2. The molecule has 3 rings (SSSR count). The molecule has 0 aliphatic heterocycles. The third-order valence-corrected chi connectivity index (χ3v) is 6.21. The van der Waals surface area contributed by atoms with Gasteiger partial charge >= 0.3 is 0 Å². The van der Waals surface area contributed by atoms with E-state index in [1.165, 1.54) is 16.7 Å². The summed E-state index contributed by atoms with van der Waals surface area (Å²) in [4.78, 5) is 30.8. The highest BCUT2D eigenvalue weighted by atomic mass is 32.2. The maximum Gasteiger partial charge on any atom is 0.243 e. The van der Waals surface area contributed by atoms with Crippen LogP contribution in [0, 0.1) is 6.92 Å². The van der Waals surface area contributed by atoms with Crippen molar-refractivity contribution in [1.29, 1.82) is 0 Å². The van der Waals surface area contributed by atoms with Crippen LogP contribution < -0.4 is 5.32 Å². The van der Waals surface area contributed by atoms with E-state index in [0.717, 1.165) is 25.8 Å². The summed E-state index contributed by atoms with van der Waals surface area (Å²) in [6.45, 7) is 3.84. The maximum atomic E-state index is 12.6. The third kappa shape index (κ3) is 5.08. The molecule has 1 aromatic heterocycles. The van der Waals surface area contributed by atoms with Gasteiger partial charge in [0.05, 0.1) is 22.0 Å². The van der Waals surface area contributed by atoms with Crippen LogP contribution in [0.3, 0.4) is 0 Å². The quantitative estimate of drug-likeness (QED) is 0.632. The van der Waals surface area contributed by atoms with E-state index >= 15 is 0 Å². The summed E-state index contributed by atoms with van der Waals surface area (Å²) in [5, 5.41) is 2.49. The highest BCUT2D eigenvalue weighted by Crippen LogP contribution is 2.32. The number of hydrogen-bond acceptors (Lipinski definition) is 5. The Balaban J connectivity index is 1.55. The minimum absolute atomic E-state index is 0.0114. The molecule has 0 spiro atoms. The number of nitrogens with one attached hydrogen (secondary N) is 1. The van der Waals surface area contributed by atoms with Crippen molar-refractivity contribution in [1.82, 2.24) is 9.88 Å². The predicted octanol–water partition coefficient (Wildman–Crippen LogP) is 4.18. The summed E-state index contributed by atoms with van der Waals surface area (Å²) in [5.74, 6) is -0.315. The molecule has 140 valence electrons. The molecule has 2 amide bonds. The molecule has 1 N–H and O–H groups in total. The van der Waals surface area contributed by atoms with E-state index in [0.29, 0.717) is 0 Å². The van der Waals surface area contributed by atoms with Crippen LogP contribution in [0.15, 0.2) is 52.9 Å². The third-order valence-electron chi connectivity index (χ3n) is 3.99. The minimum Gasteiger partial charge on any atom is -0.335 e. The van der Waals surface area contributed by atoms with Gasteiger partial charge in [0, 0.05) is 12.7 Å². The number of thiazole rings is 1. The van der Waals surface area contributed by atoms with Crippen LogP contribution in [-0.2, 0) is 9.59 Å². The summed E-state index contributed by atoms with van der Waals surface area (Å²) >= 11 is 3.00. The smallest absolute Gasteiger partial charge is 0.243 e. The van der Waals surface area contributed by atoms with E-state index in [1.807, 2.05) is 62.4 Å². The second-order valence-corrected chi connectivity index (χ2v) is 8.93. The maximum absolute atomic E-state index is 12.6. The number of thioether (sulfide) groups is 1. The van der Waals surface area contributed by atoms with Crippen molar-refractivity contribution in [3.8, 4) is 0 Å². The number of anilines is 1. The summed E-state index contributed by atoms with van der Waals surface area (Å²) in [7, 11) is 1.65. The van der Waals surface area contributed by atoms with Crippen LogP contribution >= 0.6 is 23.1 Å². The zero-order valence-electron chi connectivity index (χ0n) is 15.4. The van der Waals surface area contributed by atoms with Crippen molar-refractivity contribution >= 4 is 50.8 Å². The summed E-state index contributed by atoms with van der Waals surface area (Å²) < 4.78 is 1.96. The van der Waals surface area contributed by atoms with Crippen molar-refractivity contribution < 1.29 is 9.59 Å². The van der Waals surface area contributed by atoms with Gasteiger partial charge in [-0.15, -0.1) is 11.3 Å². The molecule has 1 atom stereocenters. The molecule has 2 aromatic carbocycles. The fourth-order valence-corrected chi connectivity index (χ4v) is 4.87. The standard InChI is InChI=1S/C20H21N3O2S2/c1-13-8-10-15(11-9-13)21-18(24)12-23(3)19(25)14(2)26-20-22-16-6-4-5-7-17(16)27-20/h4-11,14H,12H2,1-3H3,(H,21,24)/t14-/m1/s1. The predicted molar refractivity (Wildman–Crippen MR) is 112 cm³/mol. The highest BCUT2D eigenvalue weighted by Gasteiger charge is 2.22. The first-order chi connectivity index (χ1) is 12.9. The Hall–Kier alpha value is -2.38. The summed E-state index contributed by atoms with van der Waals surface area (Å²) in [6.07, 6.45) is 0. The number of aromatic nitrogens is 1. The molecule has 0 bridgehead atoms. The molecule has 5 nitrogen and oxygen atoms in total. The molecule has 0 unspecified atom stereocenters. The van der Waals surface area contributed by atoms with E-state index in [2.05, 4.69) is 10.3 Å². The van der Waals surface area contributed by atoms with Crippen LogP contribution in [-0.4, -0.2) is 40.5 Å². The Labute approximate surface area is 166 Å². The first kappa shape index (κ1) is 19.4. The molecule has 27 heavy (non-hydrogen) atoms. The van der Waals surface area contributed by atoms with Crippen molar-refractivity contribution in [3.05, 3.63) is 54.1 Å². The monoisotopic (exact) mass is 399 g/mol. The molecule has 3 aromatic rings.